The first-order valence-corrected chi connectivity index (χ1v) is 10.3. The third-order valence-corrected chi connectivity index (χ3v) is 5.48. The van der Waals surface area contributed by atoms with Crippen LogP contribution >= 0.6 is 11.3 Å². The Labute approximate surface area is 180 Å². The number of carbonyl (C=O) groups is 2. The highest BCUT2D eigenvalue weighted by atomic mass is 32.1. The van der Waals surface area contributed by atoms with Crippen molar-refractivity contribution >= 4 is 28.3 Å². The molecular formula is C21H17N3O6S. The summed E-state index contributed by atoms with van der Waals surface area (Å²) >= 11 is 1.26. The highest BCUT2D eigenvalue weighted by Crippen LogP contribution is 2.33. The number of carbonyl (C=O) groups excluding carboxylic acids is 2. The van der Waals surface area contributed by atoms with Crippen LogP contribution in [0, 0.1) is 0 Å². The van der Waals surface area contributed by atoms with E-state index < -0.39 is 0 Å². The van der Waals surface area contributed by atoms with Gasteiger partial charge in [0.05, 0.1) is 12.1 Å². The number of anilines is 1. The Kier molecular flexibility index (Phi) is 5.04. The quantitative estimate of drug-likeness (QED) is 0.608. The van der Waals surface area contributed by atoms with Gasteiger partial charge in [-0.25, -0.2) is 4.98 Å². The summed E-state index contributed by atoms with van der Waals surface area (Å²) in [5.41, 5.74) is 1.92. The summed E-state index contributed by atoms with van der Waals surface area (Å²) in [7, 11) is 0. The fourth-order valence-electron chi connectivity index (χ4n) is 3.13. The lowest BCUT2D eigenvalue weighted by Crippen LogP contribution is -2.24. The number of aromatic nitrogens is 1. The van der Waals surface area contributed by atoms with Gasteiger partial charge < -0.3 is 24.3 Å². The number of hydrogen-bond donors (Lipinski definition) is 2. The maximum atomic E-state index is 12.4. The van der Waals surface area contributed by atoms with E-state index in [0.29, 0.717) is 45.9 Å². The van der Waals surface area contributed by atoms with Crippen molar-refractivity contribution in [3.05, 3.63) is 58.6 Å². The number of hydrogen-bond acceptors (Lipinski definition) is 8. The van der Waals surface area contributed by atoms with E-state index in [1.165, 1.54) is 11.3 Å². The highest BCUT2D eigenvalue weighted by Gasteiger charge is 2.18. The fourth-order valence-corrected chi connectivity index (χ4v) is 3.84. The first-order valence-electron chi connectivity index (χ1n) is 9.45. The molecule has 0 spiro atoms. The van der Waals surface area contributed by atoms with E-state index in [2.05, 4.69) is 15.6 Å². The number of rotatable bonds is 6. The summed E-state index contributed by atoms with van der Waals surface area (Å²) in [5.74, 6) is 2.04. The van der Waals surface area contributed by atoms with Gasteiger partial charge in [-0.1, -0.05) is 6.07 Å². The van der Waals surface area contributed by atoms with Crippen molar-refractivity contribution in [2.24, 2.45) is 0 Å². The van der Waals surface area contributed by atoms with Crippen molar-refractivity contribution in [1.82, 2.24) is 10.3 Å². The zero-order valence-corrected chi connectivity index (χ0v) is 17.0. The van der Waals surface area contributed by atoms with Crippen molar-refractivity contribution < 1.29 is 28.5 Å². The Morgan fingerprint density at radius 2 is 1.65 bits per heavy atom. The van der Waals surface area contributed by atoms with Gasteiger partial charge in [0, 0.05) is 17.5 Å². The largest absolute Gasteiger partial charge is 0.454 e. The van der Waals surface area contributed by atoms with Gasteiger partial charge in [0.15, 0.2) is 28.1 Å². The Balaban J connectivity index is 1.14. The van der Waals surface area contributed by atoms with Gasteiger partial charge in [-0.2, -0.15) is 0 Å². The number of amides is 2. The smallest absolute Gasteiger partial charge is 0.257 e. The van der Waals surface area contributed by atoms with Gasteiger partial charge in [0.25, 0.3) is 5.91 Å². The molecule has 3 heterocycles. The second kappa shape index (κ2) is 8.15. The summed E-state index contributed by atoms with van der Waals surface area (Å²) in [6, 6.07) is 10.5. The van der Waals surface area contributed by atoms with Crippen molar-refractivity contribution in [1.29, 1.82) is 0 Å². The van der Waals surface area contributed by atoms with Crippen LogP contribution in [0.15, 0.2) is 41.8 Å². The lowest BCUT2D eigenvalue weighted by Gasteiger charge is -2.05. The fraction of sp³-hybridized carbons (Fsp3) is 0.190. The molecule has 2 N–H and O–H groups in total. The van der Waals surface area contributed by atoms with E-state index in [0.717, 1.165) is 5.56 Å². The number of ether oxygens (including phenoxy) is 4. The van der Waals surface area contributed by atoms with E-state index in [1.807, 2.05) is 18.2 Å². The minimum absolute atomic E-state index is 0.112. The molecular weight excluding hydrogens is 422 g/mol. The molecule has 31 heavy (non-hydrogen) atoms. The highest BCUT2D eigenvalue weighted by molar-refractivity contribution is 7.14. The molecule has 2 aliphatic rings. The van der Waals surface area contributed by atoms with Crippen LogP contribution in [0.5, 0.6) is 23.0 Å². The second-order valence-corrected chi connectivity index (χ2v) is 7.67. The zero-order valence-electron chi connectivity index (χ0n) is 16.2. The minimum Gasteiger partial charge on any atom is -0.454 e. The third-order valence-electron chi connectivity index (χ3n) is 4.68. The molecule has 2 amide bonds. The van der Waals surface area contributed by atoms with Crippen LogP contribution in [0.1, 0.15) is 21.6 Å². The molecule has 0 aliphatic carbocycles. The van der Waals surface area contributed by atoms with Crippen molar-refractivity contribution in [2.45, 2.75) is 13.0 Å². The molecule has 1 aromatic heterocycles. The molecule has 2 aromatic carbocycles. The average molecular weight is 439 g/mol. The summed E-state index contributed by atoms with van der Waals surface area (Å²) in [6.07, 6.45) is 0.112. The molecule has 0 fully saturated rings. The number of thiazole rings is 1. The van der Waals surface area contributed by atoms with Gasteiger partial charge in [0.2, 0.25) is 19.5 Å². The van der Waals surface area contributed by atoms with Crippen LogP contribution < -0.4 is 29.6 Å². The normalized spacial score (nSPS) is 13.2. The Morgan fingerprint density at radius 3 is 2.45 bits per heavy atom. The van der Waals surface area contributed by atoms with Gasteiger partial charge in [-0.3, -0.25) is 14.9 Å². The number of benzene rings is 2. The van der Waals surface area contributed by atoms with Gasteiger partial charge in [-0.15, -0.1) is 11.3 Å². The first-order chi connectivity index (χ1) is 15.1. The van der Waals surface area contributed by atoms with Crippen LogP contribution in [-0.4, -0.2) is 30.4 Å². The van der Waals surface area contributed by atoms with Crippen LogP contribution in [0.3, 0.4) is 0 Å². The Morgan fingerprint density at radius 1 is 0.935 bits per heavy atom. The summed E-state index contributed by atoms with van der Waals surface area (Å²) < 4.78 is 21.2. The standard InChI is InChI=1S/C21H17N3O6S/c25-19(22-8-12-1-3-15-17(5-12)29-10-27-15)7-14-9-31-21(23-14)24-20(26)13-2-4-16-18(6-13)30-11-28-16/h1-6,9H,7-8,10-11H2,(H,22,25)(H,23,24,26). The molecule has 0 radical (unpaired) electrons. The molecule has 0 unspecified atom stereocenters. The van der Waals surface area contributed by atoms with E-state index in [-0.39, 0.29) is 31.8 Å². The summed E-state index contributed by atoms with van der Waals surface area (Å²) in [4.78, 5) is 29.0. The number of fused-ring (bicyclic) bond motifs is 2. The lowest BCUT2D eigenvalue weighted by atomic mass is 10.2. The lowest BCUT2D eigenvalue weighted by molar-refractivity contribution is -0.120. The van der Waals surface area contributed by atoms with Crippen molar-refractivity contribution in [3.63, 3.8) is 0 Å². The van der Waals surface area contributed by atoms with Crippen LogP contribution in [0.2, 0.25) is 0 Å². The van der Waals surface area contributed by atoms with Crippen molar-refractivity contribution in [2.75, 3.05) is 18.9 Å². The van der Waals surface area contributed by atoms with Crippen molar-refractivity contribution in [3.8, 4) is 23.0 Å². The summed E-state index contributed by atoms with van der Waals surface area (Å²) in [6.45, 7) is 0.725. The SMILES string of the molecule is O=C(Cc1csc(NC(=O)c2ccc3c(c2)OCO3)n1)NCc1ccc2c(c1)OCO2. The average Bonchev–Trinajstić information content (AvgIpc) is 3.52. The molecule has 5 rings (SSSR count). The Bertz CT molecular complexity index is 1160. The van der Waals surface area contributed by atoms with Crippen LogP contribution in [0.25, 0.3) is 0 Å². The second-order valence-electron chi connectivity index (χ2n) is 6.81. The molecule has 9 nitrogen and oxygen atoms in total. The van der Waals surface area contributed by atoms with Gasteiger partial charge in [0.1, 0.15) is 0 Å². The van der Waals surface area contributed by atoms with Crippen LogP contribution in [0.4, 0.5) is 5.13 Å². The first kappa shape index (κ1) is 19.2. The zero-order chi connectivity index (χ0) is 21.2. The molecule has 3 aromatic rings. The molecule has 0 saturated heterocycles. The third kappa shape index (κ3) is 4.24. The van der Waals surface area contributed by atoms with E-state index in [1.54, 1.807) is 23.6 Å². The Hall–Kier alpha value is -3.79. The predicted molar refractivity (Wildman–Crippen MR) is 111 cm³/mol. The maximum absolute atomic E-state index is 12.4. The molecule has 10 heteroatoms. The van der Waals surface area contributed by atoms with Crippen LogP contribution in [-0.2, 0) is 17.8 Å². The van der Waals surface area contributed by atoms with Gasteiger partial charge >= 0.3 is 0 Å². The molecule has 158 valence electrons. The topological polar surface area (TPSA) is 108 Å². The maximum Gasteiger partial charge on any atom is 0.257 e. The van der Waals surface area contributed by atoms with E-state index in [4.69, 9.17) is 18.9 Å². The van der Waals surface area contributed by atoms with Gasteiger partial charge in [-0.05, 0) is 35.9 Å². The molecule has 0 saturated carbocycles. The van der Waals surface area contributed by atoms with E-state index >= 15 is 0 Å². The minimum atomic E-state index is -0.313. The molecule has 2 aliphatic heterocycles. The summed E-state index contributed by atoms with van der Waals surface area (Å²) in [5, 5.41) is 7.76. The number of nitrogens with one attached hydrogen (secondary N) is 2. The predicted octanol–water partition coefficient (Wildman–Crippen LogP) is 2.71. The number of nitrogens with zero attached hydrogens (tertiary/aromatic N) is 1. The molecule has 0 bridgehead atoms. The van der Waals surface area contributed by atoms with E-state index in [9.17, 15) is 9.59 Å². The molecule has 0 atom stereocenters. The monoisotopic (exact) mass is 439 g/mol.